The van der Waals surface area contributed by atoms with Crippen LogP contribution in [-0.2, 0) is 0 Å². The molecule has 7 nitrogen and oxygen atoms in total. The van der Waals surface area contributed by atoms with E-state index >= 15 is 0 Å². The van der Waals surface area contributed by atoms with Crippen molar-refractivity contribution in [1.82, 2.24) is 19.8 Å². The van der Waals surface area contributed by atoms with Gasteiger partial charge in [0, 0.05) is 26.2 Å². The summed E-state index contributed by atoms with van der Waals surface area (Å²) in [6, 6.07) is 0. The Balaban J connectivity index is 1.67. The van der Waals surface area contributed by atoms with Crippen molar-refractivity contribution in [2.75, 3.05) is 47.4 Å². The lowest BCUT2D eigenvalue weighted by Crippen LogP contribution is -2.36. The highest BCUT2D eigenvalue weighted by molar-refractivity contribution is 5.42. The molecule has 0 aliphatic carbocycles. The Morgan fingerprint density at radius 1 is 0.833 bits per heavy atom. The molecular formula is C17H28N4O3. The first kappa shape index (κ1) is 17.2. The monoisotopic (exact) mass is 336 g/mol. The van der Waals surface area contributed by atoms with Crippen LogP contribution in [0.2, 0.25) is 0 Å². The summed E-state index contributed by atoms with van der Waals surface area (Å²) in [5.41, 5.74) is 0. The zero-order valence-corrected chi connectivity index (χ0v) is 14.9. The van der Waals surface area contributed by atoms with E-state index in [0.29, 0.717) is 17.5 Å². The fourth-order valence-electron chi connectivity index (χ4n) is 3.21. The van der Waals surface area contributed by atoms with Crippen LogP contribution in [0.15, 0.2) is 6.33 Å². The predicted molar refractivity (Wildman–Crippen MR) is 90.9 cm³/mol. The minimum atomic E-state index is 0.168. The van der Waals surface area contributed by atoms with Crippen LogP contribution >= 0.6 is 0 Å². The summed E-state index contributed by atoms with van der Waals surface area (Å²) < 4.78 is 17.7. The molecule has 0 radical (unpaired) electrons. The van der Waals surface area contributed by atoms with Crippen LogP contribution in [0.25, 0.3) is 0 Å². The fraction of sp³-hybridized carbons (Fsp3) is 0.765. The summed E-state index contributed by atoms with van der Waals surface area (Å²) in [4.78, 5) is 13.2. The first-order valence-corrected chi connectivity index (χ1v) is 8.75. The van der Waals surface area contributed by atoms with Crippen LogP contribution in [0, 0.1) is 0 Å². The number of likely N-dealkylation sites (tertiary alicyclic amines) is 2. The van der Waals surface area contributed by atoms with Gasteiger partial charge in [0.25, 0.3) is 11.8 Å². The highest BCUT2D eigenvalue weighted by Gasteiger charge is 2.25. The molecule has 0 aromatic carbocycles. The second-order valence-corrected chi connectivity index (χ2v) is 6.76. The van der Waals surface area contributed by atoms with Gasteiger partial charge < -0.3 is 24.0 Å². The zero-order valence-electron chi connectivity index (χ0n) is 14.9. The standard InChI is InChI=1S/C17H28N4O3/c1-20-8-4-13(5-9-20)23-16-15(22-3)17(19-12-18-16)24-14-6-10-21(2)11-7-14/h12-14H,4-11H2,1-3H3. The number of ether oxygens (including phenoxy) is 3. The average Bonchev–Trinajstić information content (AvgIpc) is 2.59. The normalized spacial score (nSPS) is 21.6. The molecule has 3 heterocycles. The molecule has 1 aromatic rings. The van der Waals surface area contributed by atoms with Crippen molar-refractivity contribution in [3.63, 3.8) is 0 Å². The van der Waals surface area contributed by atoms with Crippen LogP contribution in [0.4, 0.5) is 0 Å². The van der Waals surface area contributed by atoms with E-state index in [4.69, 9.17) is 14.2 Å². The maximum absolute atomic E-state index is 6.08. The quantitative estimate of drug-likeness (QED) is 0.806. The lowest BCUT2D eigenvalue weighted by molar-refractivity contribution is 0.0949. The van der Waals surface area contributed by atoms with Crippen molar-refractivity contribution in [3.8, 4) is 17.5 Å². The van der Waals surface area contributed by atoms with Gasteiger partial charge in [-0.2, -0.15) is 9.97 Å². The molecule has 7 heteroatoms. The molecule has 0 atom stereocenters. The van der Waals surface area contributed by atoms with Crippen LogP contribution < -0.4 is 14.2 Å². The SMILES string of the molecule is COc1c(OC2CCN(C)CC2)ncnc1OC1CCN(C)CC1. The van der Waals surface area contributed by atoms with E-state index in [0.717, 1.165) is 51.9 Å². The van der Waals surface area contributed by atoms with Gasteiger partial charge in [-0.3, -0.25) is 0 Å². The van der Waals surface area contributed by atoms with Crippen molar-refractivity contribution in [1.29, 1.82) is 0 Å². The molecule has 2 aliphatic heterocycles. The molecule has 2 fully saturated rings. The topological polar surface area (TPSA) is 60.0 Å². The van der Waals surface area contributed by atoms with Gasteiger partial charge in [0.05, 0.1) is 7.11 Å². The van der Waals surface area contributed by atoms with Gasteiger partial charge in [0.15, 0.2) is 0 Å². The lowest BCUT2D eigenvalue weighted by Gasteiger charge is -2.30. The Morgan fingerprint density at radius 2 is 1.25 bits per heavy atom. The number of hydrogen-bond donors (Lipinski definition) is 0. The van der Waals surface area contributed by atoms with Gasteiger partial charge in [0.1, 0.15) is 18.5 Å². The summed E-state index contributed by atoms with van der Waals surface area (Å²) in [7, 11) is 5.88. The van der Waals surface area contributed by atoms with E-state index in [1.54, 1.807) is 7.11 Å². The van der Waals surface area contributed by atoms with Crippen molar-refractivity contribution in [3.05, 3.63) is 6.33 Å². The highest BCUT2D eigenvalue weighted by atomic mass is 16.6. The molecule has 0 bridgehead atoms. The first-order valence-electron chi connectivity index (χ1n) is 8.75. The molecule has 2 aliphatic rings. The van der Waals surface area contributed by atoms with Crippen LogP contribution in [0.5, 0.6) is 17.5 Å². The first-order chi connectivity index (χ1) is 11.7. The largest absolute Gasteiger partial charge is 0.487 e. The molecule has 24 heavy (non-hydrogen) atoms. The highest BCUT2D eigenvalue weighted by Crippen LogP contribution is 2.35. The molecule has 2 saturated heterocycles. The zero-order chi connectivity index (χ0) is 16.9. The Labute approximate surface area is 143 Å². The van der Waals surface area contributed by atoms with Gasteiger partial charge in [0.2, 0.25) is 5.75 Å². The van der Waals surface area contributed by atoms with E-state index in [1.807, 2.05) is 0 Å². The van der Waals surface area contributed by atoms with E-state index in [2.05, 4.69) is 33.9 Å². The molecule has 0 amide bonds. The number of piperidine rings is 2. The molecule has 0 N–H and O–H groups in total. The Bertz CT molecular complexity index is 484. The Kier molecular flexibility index (Phi) is 5.73. The van der Waals surface area contributed by atoms with Crippen LogP contribution in [-0.4, -0.2) is 79.4 Å². The van der Waals surface area contributed by atoms with E-state index in [1.165, 1.54) is 6.33 Å². The molecule has 3 rings (SSSR count). The Hall–Kier alpha value is -1.60. The third kappa shape index (κ3) is 4.27. The molecular weight excluding hydrogens is 308 g/mol. The number of nitrogens with zero attached hydrogens (tertiary/aromatic N) is 4. The van der Waals surface area contributed by atoms with Crippen molar-refractivity contribution >= 4 is 0 Å². The smallest absolute Gasteiger partial charge is 0.264 e. The minimum Gasteiger partial charge on any atom is -0.487 e. The number of hydrogen-bond acceptors (Lipinski definition) is 7. The molecule has 0 spiro atoms. The van der Waals surface area contributed by atoms with Crippen LogP contribution in [0.1, 0.15) is 25.7 Å². The van der Waals surface area contributed by atoms with Gasteiger partial charge in [-0.15, -0.1) is 0 Å². The van der Waals surface area contributed by atoms with Crippen molar-refractivity contribution < 1.29 is 14.2 Å². The number of rotatable bonds is 5. The van der Waals surface area contributed by atoms with Gasteiger partial charge >= 0.3 is 0 Å². The Morgan fingerprint density at radius 3 is 1.62 bits per heavy atom. The predicted octanol–water partition coefficient (Wildman–Crippen LogP) is 1.43. The minimum absolute atomic E-state index is 0.168. The molecule has 134 valence electrons. The van der Waals surface area contributed by atoms with E-state index < -0.39 is 0 Å². The third-order valence-corrected chi connectivity index (χ3v) is 4.83. The van der Waals surface area contributed by atoms with E-state index in [9.17, 15) is 0 Å². The fourth-order valence-corrected chi connectivity index (χ4v) is 3.21. The average molecular weight is 336 g/mol. The van der Waals surface area contributed by atoms with E-state index in [-0.39, 0.29) is 12.2 Å². The van der Waals surface area contributed by atoms with Gasteiger partial charge in [-0.05, 0) is 39.8 Å². The summed E-state index contributed by atoms with van der Waals surface area (Å²) >= 11 is 0. The van der Waals surface area contributed by atoms with Gasteiger partial charge in [-0.1, -0.05) is 0 Å². The second kappa shape index (κ2) is 7.98. The summed E-state index contributed by atoms with van der Waals surface area (Å²) in [6.45, 7) is 4.15. The third-order valence-electron chi connectivity index (χ3n) is 4.83. The van der Waals surface area contributed by atoms with Crippen LogP contribution in [0.3, 0.4) is 0 Å². The summed E-state index contributed by atoms with van der Waals surface area (Å²) in [6.07, 6.45) is 5.81. The molecule has 0 unspecified atom stereocenters. The summed E-state index contributed by atoms with van der Waals surface area (Å²) in [5, 5.41) is 0. The lowest BCUT2D eigenvalue weighted by atomic mass is 10.1. The second-order valence-electron chi connectivity index (χ2n) is 6.76. The van der Waals surface area contributed by atoms with Crippen molar-refractivity contribution in [2.24, 2.45) is 0 Å². The number of aromatic nitrogens is 2. The van der Waals surface area contributed by atoms with Crippen molar-refractivity contribution in [2.45, 2.75) is 37.9 Å². The maximum atomic E-state index is 6.08. The molecule has 0 saturated carbocycles. The number of methoxy groups -OCH3 is 1. The van der Waals surface area contributed by atoms with Gasteiger partial charge in [-0.25, -0.2) is 0 Å². The maximum Gasteiger partial charge on any atom is 0.264 e. The molecule has 1 aromatic heterocycles. The summed E-state index contributed by atoms with van der Waals surface area (Å²) in [5.74, 6) is 1.49.